The Labute approximate surface area is 102 Å². The number of rotatable bonds is 4. The quantitative estimate of drug-likeness (QED) is 0.874. The summed E-state index contributed by atoms with van der Waals surface area (Å²) in [5.41, 5.74) is 7.16. The van der Waals surface area contributed by atoms with Crippen LogP contribution in [-0.2, 0) is 6.42 Å². The lowest BCUT2D eigenvalue weighted by molar-refractivity contribution is 0.419. The molecule has 0 bridgehead atoms. The first-order chi connectivity index (χ1) is 8.22. The fraction of sp³-hybridized carbons (Fsp3) is 0.333. The predicted octanol–water partition coefficient (Wildman–Crippen LogP) is 3.13. The normalized spacial score (nSPS) is 12.6. The van der Waals surface area contributed by atoms with Crippen LogP contribution in [0.5, 0.6) is 5.75 Å². The van der Waals surface area contributed by atoms with E-state index < -0.39 is 0 Å². The highest BCUT2D eigenvalue weighted by Crippen LogP contribution is 2.28. The highest BCUT2D eigenvalue weighted by atomic mass is 16.5. The van der Waals surface area contributed by atoms with E-state index in [-0.39, 0.29) is 6.04 Å². The average molecular weight is 229 g/mol. The van der Waals surface area contributed by atoms with Crippen molar-refractivity contribution in [2.45, 2.75) is 25.8 Å². The Balaban J connectivity index is 2.43. The van der Waals surface area contributed by atoms with Crippen LogP contribution in [0.25, 0.3) is 10.8 Å². The maximum atomic E-state index is 5.82. The van der Waals surface area contributed by atoms with Gasteiger partial charge in [0.1, 0.15) is 5.75 Å². The summed E-state index contributed by atoms with van der Waals surface area (Å²) < 4.78 is 5.38. The average Bonchev–Trinajstić information content (AvgIpc) is 2.35. The highest BCUT2D eigenvalue weighted by Gasteiger charge is 2.06. The van der Waals surface area contributed by atoms with Crippen LogP contribution in [-0.4, -0.2) is 13.2 Å². The number of hydrogen-bond donors (Lipinski definition) is 1. The van der Waals surface area contributed by atoms with Gasteiger partial charge in [-0.15, -0.1) is 0 Å². The maximum Gasteiger partial charge on any atom is 0.126 e. The summed E-state index contributed by atoms with van der Waals surface area (Å²) in [6.07, 6.45) is 2.03. The summed E-state index contributed by atoms with van der Waals surface area (Å²) >= 11 is 0. The summed E-state index contributed by atoms with van der Waals surface area (Å²) in [6, 6.07) is 12.8. The van der Waals surface area contributed by atoms with Gasteiger partial charge in [0.25, 0.3) is 0 Å². The smallest absolute Gasteiger partial charge is 0.126 e. The van der Waals surface area contributed by atoms with Crippen molar-refractivity contribution in [3.8, 4) is 5.75 Å². The Bertz CT molecular complexity index is 505. The molecule has 2 heteroatoms. The number of aryl methyl sites for hydroxylation is 1. The monoisotopic (exact) mass is 229 g/mol. The SMILES string of the molecule is COc1ccc(CC[C@@H](C)N)c2ccccc12. The zero-order valence-electron chi connectivity index (χ0n) is 10.4. The molecule has 17 heavy (non-hydrogen) atoms. The summed E-state index contributed by atoms with van der Waals surface area (Å²) in [5, 5.41) is 2.45. The fourth-order valence-electron chi connectivity index (χ4n) is 2.11. The Morgan fingerprint density at radius 1 is 1.12 bits per heavy atom. The molecule has 2 N–H and O–H groups in total. The molecule has 0 radical (unpaired) electrons. The van der Waals surface area contributed by atoms with E-state index in [4.69, 9.17) is 10.5 Å². The van der Waals surface area contributed by atoms with Crippen molar-refractivity contribution in [1.29, 1.82) is 0 Å². The molecular formula is C15H19NO. The molecule has 2 nitrogen and oxygen atoms in total. The summed E-state index contributed by atoms with van der Waals surface area (Å²) in [4.78, 5) is 0. The van der Waals surface area contributed by atoms with Gasteiger partial charge in [-0.2, -0.15) is 0 Å². The number of ether oxygens (including phenoxy) is 1. The summed E-state index contributed by atoms with van der Waals surface area (Å²) in [5.74, 6) is 0.935. The van der Waals surface area contributed by atoms with Crippen molar-refractivity contribution >= 4 is 10.8 Å². The van der Waals surface area contributed by atoms with Gasteiger partial charge in [0.2, 0.25) is 0 Å². The topological polar surface area (TPSA) is 35.2 Å². The molecule has 0 saturated carbocycles. The largest absolute Gasteiger partial charge is 0.496 e. The zero-order chi connectivity index (χ0) is 12.3. The van der Waals surface area contributed by atoms with Crippen LogP contribution in [0.15, 0.2) is 36.4 Å². The van der Waals surface area contributed by atoms with Gasteiger partial charge in [0.15, 0.2) is 0 Å². The first kappa shape index (κ1) is 11.9. The molecule has 0 aromatic heterocycles. The minimum Gasteiger partial charge on any atom is -0.496 e. The van der Waals surface area contributed by atoms with Crippen molar-refractivity contribution in [3.63, 3.8) is 0 Å². The molecule has 0 amide bonds. The van der Waals surface area contributed by atoms with Crippen molar-refractivity contribution < 1.29 is 4.74 Å². The molecule has 2 aromatic carbocycles. The molecule has 0 aliphatic carbocycles. The fourth-order valence-corrected chi connectivity index (χ4v) is 2.11. The highest BCUT2D eigenvalue weighted by molar-refractivity contribution is 5.91. The molecule has 0 saturated heterocycles. The third-order valence-electron chi connectivity index (χ3n) is 3.06. The van der Waals surface area contributed by atoms with Crippen LogP contribution < -0.4 is 10.5 Å². The number of methoxy groups -OCH3 is 1. The molecule has 0 unspecified atom stereocenters. The molecule has 0 heterocycles. The van der Waals surface area contributed by atoms with E-state index in [0.717, 1.165) is 18.6 Å². The van der Waals surface area contributed by atoms with Crippen molar-refractivity contribution in [2.75, 3.05) is 7.11 Å². The van der Waals surface area contributed by atoms with E-state index in [1.54, 1.807) is 7.11 Å². The van der Waals surface area contributed by atoms with E-state index in [2.05, 4.69) is 24.3 Å². The van der Waals surface area contributed by atoms with Crippen LogP contribution in [0.2, 0.25) is 0 Å². The first-order valence-corrected chi connectivity index (χ1v) is 6.02. The lowest BCUT2D eigenvalue weighted by Crippen LogP contribution is -2.15. The van der Waals surface area contributed by atoms with Crippen molar-refractivity contribution in [2.24, 2.45) is 5.73 Å². The van der Waals surface area contributed by atoms with Gasteiger partial charge in [-0.25, -0.2) is 0 Å². The Hall–Kier alpha value is -1.54. The Kier molecular flexibility index (Phi) is 3.64. The molecule has 2 rings (SSSR count). The Morgan fingerprint density at radius 3 is 2.47 bits per heavy atom. The zero-order valence-corrected chi connectivity index (χ0v) is 10.4. The van der Waals surface area contributed by atoms with E-state index in [1.165, 1.54) is 16.3 Å². The van der Waals surface area contributed by atoms with Crippen LogP contribution >= 0.6 is 0 Å². The van der Waals surface area contributed by atoms with Gasteiger partial charge in [-0.3, -0.25) is 0 Å². The van der Waals surface area contributed by atoms with Gasteiger partial charge in [0.05, 0.1) is 7.11 Å². The first-order valence-electron chi connectivity index (χ1n) is 6.02. The number of fused-ring (bicyclic) bond motifs is 1. The standard InChI is InChI=1S/C15H19NO/c1-11(16)7-8-12-9-10-15(17-2)14-6-4-3-5-13(12)14/h3-6,9-11H,7-8,16H2,1-2H3/t11-/m1/s1. The molecule has 90 valence electrons. The number of nitrogens with two attached hydrogens (primary N) is 1. The van der Waals surface area contributed by atoms with Crippen LogP contribution in [0, 0.1) is 0 Å². The van der Waals surface area contributed by atoms with Gasteiger partial charge < -0.3 is 10.5 Å². The predicted molar refractivity (Wildman–Crippen MR) is 72.5 cm³/mol. The second kappa shape index (κ2) is 5.19. The molecule has 1 atom stereocenters. The molecule has 0 aliphatic heterocycles. The van der Waals surface area contributed by atoms with E-state index in [9.17, 15) is 0 Å². The third kappa shape index (κ3) is 2.59. The lowest BCUT2D eigenvalue weighted by atomic mass is 9.99. The van der Waals surface area contributed by atoms with Gasteiger partial charge in [-0.1, -0.05) is 30.3 Å². The number of benzene rings is 2. The number of hydrogen-bond acceptors (Lipinski definition) is 2. The minimum absolute atomic E-state index is 0.246. The summed E-state index contributed by atoms with van der Waals surface area (Å²) in [6.45, 7) is 2.05. The second-order valence-corrected chi connectivity index (χ2v) is 4.49. The van der Waals surface area contributed by atoms with Crippen LogP contribution in [0.1, 0.15) is 18.9 Å². The summed E-state index contributed by atoms with van der Waals surface area (Å²) in [7, 11) is 1.71. The van der Waals surface area contributed by atoms with Gasteiger partial charge in [-0.05, 0) is 36.8 Å². The van der Waals surface area contributed by atoms with E-state index in [1.807, 2.05) is 19.1 Å². The molecule has 2 aromatic rings. The maximum absolute atomic E-state index is 5.82. The third-order valence-corrected chi connectivity index (χ3v) is 3.06. The molecule has 0 aliphatic rings. The Morgan fingerprint density at radius 2 is 1.82 bits per heavy atom. The van der Waals surface area contributed by atoms with Crippen molar-refractivity contribution in [3.05, 3.63) is 42.0 Å². The van der Waals surface area contributed by atoms with E-state index in [0.29, 0.717) is 0 Å². The molecule has 0 spiro atoms. The van der Waals surface area contributed by atoms with Crippen molar-refractivity contribution in [1.82, 2.24) is 0 Å². The van der Waals surface area contributed by atoms with Gasteiger partial charge >= 0.3 is 0 Å². The van der Waals surface area contributed by atoms with Crippen LogP contribution in [0.3, 0.4) is 0 Å². The molecular weight excluding hydrogens is 210 g/mol. The lowest BCUT2D eigenvalue weighted by Gasteiger charge is -2.11. The minimum atomic E-state index is 0.246. The second-order valence-electron chi connectivity index (χ2n) is 4.49. The van der Waals surface area contributed by atoms with Gasteiger partial charge in [0, 0.05) is 11.4 Å². The van der Waals surface area contributed by atoms with E-state index >= 15 is 0 Å². The van der Waals surface area contributed by atoms with Crippen LogP contribution in [0.4, 0.5) is 0 Å². The molecule has 0 fully saturated rings.